The van der Waals surface area contributed by atoms with E-state index in [2.05, 4.69) is 10.5 Å². The molecule has 1 amide bonds. The highest BCUT2D eigenvalue weighted by atomic mass is 35.5. The number of rotatable bonds is 3. The molecule has 0 heterocycles. The van der Waals surface area contributed by atoms with E-state index in [0.717, 1.165) is 24.7 Å². The molecule has 20 heavy (non-hydrogen) atoms. The molecule has 2 unspecified atom stereocenters. The molecule has 0 aliphatic heterocycles. The number of amidine groups is 1. The summed E-state index contributed by atoms with van der Waals surface area (Å²) in [6.07, 6.45) is 3.21. The molecule has 2 saturated carbocycles. The SMILES string of the molecule is N/C(=N/O)c1ccc(Cl)cc1NC(=O)C1CC2CC2C1. The third-order valence-electron chi connectivity index (χ3n) is 4.24. The number of oxime groups is 1. The number of carbonyl (C=O) groups excluding carboxylic acids is 1. The predicted molar refractivity (Wildman–Crippen MR) is 76.9 cm³/mol. The fourth-order valence-corrected chi connectivity index (χ4v) is 3.23. The molecule has 0 spiro atoms. The van der Waals surface area contributed by atoms with Gasteiger partial charge in [0.1, 0.15) is 0 Å². The van der Waals surface area contributed by atoms with Gasteiger partial charge < -0.3 is 16.3 Å². The van der Waals surface area contributed by atoms with Crippen LogP contribution in [0.25, 0.3) is 0 Å². The number of halogens is 1. The quantitative estimate of drug-likeness (QED) is 0.346. The van der Waals surface area contributed by atoms with Crippen molar-refractivity contribution < 1.29 is 10.0 Å². The Morgan fingerprint density at radius 2 is 2.05 bits per heavy atom. The van der Waals surface area contributed by atoms with Crippen molar-refractivity contribution in [3.05, 3.63) is 28.8 Å². The summed E-state index contributed by atoms with van der Waals surface area (Å²) in [5, 5.41) is 15.1. The third-order valence-corrected chi connectivity index (χ3v) is 4.47. The van der Waals surface area contributed by atoms with Crippen LogP contribution in [0.15, 0.2) is 23.4 Å². The van der Waals surface area contributed by atoms with Crippen molar-refractivity contribution in [2.45, 2.75) is 19.3 Å². The molecule has 2 aliphatic carbocycles. The number of nitrogens with two attached hydrogens (primary N) is 1. The van der Waals surface area contributed by atoms with E-state index >= 15 is 0 Å². The van der Waals surface area contributed by atoms with Gasteiger partial charge in [0.05, 0.1) is 5.69 Å². The van der Waals surface area contributed by atoms with Gasteiger partial charge in [0, 0.05) is 16.5 Å². The summed E-state index contributed by atoms with van der Waals surface area (Å²) in [4.78, 5) is 12.3. The first-order chi connectivity index (χ1) is 9.58. The lowest BCUT2D eigenvalue weighted by Gasteiger charge is -2.15. The summed E-state index contributed by atoms with van der Waals surface area (Å²) < 4.78 is 0. The van der Waals surface area contributed by atoms with Crippen molar-refractivity contribution in [2.24, 2.45) is 28.6 Å². The average molecular weight is 294 g/mol. The number of amides is 1. The fraction of sp³-hybridized carbons (Fsp3) is 0.429. The van der Waals surface area contributed by atoms with E-state index in [4.69, 9.17) is 22.5 Å². The van der Waals surface area contributed by atoms with Gasteiger partial charge in [-0.05, 0) is 49.3 Å². The maximum absolute atomic E-state index is 12.3. The van der Waals surface area contributed by atoms with E-state index in [1.807, 2.05) is 0 Å². The van der Waals surface area contributed by atoms with Gasteiger partial charge in [-0.3, -0.25) is 4.79 Å². The summed E-state index contributed by atoms with van der Waals surface area (Å²) >= 11 is 5.94. The molecular weight excluding hydrogens is 278 g/mol. The number of carbonyl (C=O) groups is 1. The molecule has 2 atom stereocenters. The first kappa shape index (κ1) is 13.2. The van der Waals surface area contributed by atoms with E-state index in [1.165, 1.54) is 6.42 Å². The standard InChI is InChI=1S/C14H16ClN3O2/c15-10-1-2-11(13(16)18-20)12(6-10)17-14(19)9-4-7-3-8(7)5-9/h1-2,6-9,20H,3-5H2,(H2,16,18)(H,17,19). The van der Waals surface area contributed by atoms with Crippen molar-refractivity contribution >= 4 is 29.0 Å². The van der Waals surface area contributed by atoms with Crippen LogP contribution in [0.2, 0.25) is 5.02 Å². The van der Waals surface area contributed by atoms with Crippen LogP contribution in [0.1, 0.15) is 24.8 Å². The maximum Gasteiger partial charge on any atom is 0.227 e. The van der Waals surface area contributed by atoms with Gasteiger partial charge in [0.15, 0.2) is 5.84 Å². The van der Waals surface area contributed by atoms with Crippen LogP contribution in [0.3, 0.4) is 0 Å². The number of hydrogen-bond acceptors (Lipinski definition) is 3. The summed E-state index contributed by atoms with van der Waals surface area (Å²) in [5.74, 6) is 1.50. The second-order valence-electron chi connectivity index (χ2n) is 5.59. The molecule has 0 radical (unpaired) electrons. The summed E-state index contributed by atoms with van der Waals surface area (Å²) in [5.41, 5.74) is 6.56. The monoisotopic (exact) mass is 293 g/mol. The van der Waals surface area contributed by atoms with Gasteiger partial charge in [0.25, 0.3) is 0 Å². The normalized spacial score (nSPS) is 28.1. The molecule has 2 aliphatic rings. The van der Waals surface area contributed by atoms with E-state index in [0.29, 0.717) is 16.3 Å². The Balaban J connectivity index is 1.78. The zero-order valence-electron chi connectivity index (χ0n) is 10.8. The Morgan fingerprint density at radius 3 is 2.70 bits per heavy atom. The minimum Gasteiger partial charge on any atom is -0.409 e. The molecular formula is C14H16ClN3O2. The van der Waals surface area contributed by atoms with E-state index in [-0.39, 0.29) is 17.7 Å². The Bertz CT molecular complexity index is 578. The molecule has 5 nitrogen and oxygen atoms in total. The van der Waals surface area contributed by atoms with Crippen LogP contribution < -0.4 is 11.1 Å². The lowest BCUT2D eigenvalue weighted by molar-refractivity contribution is -0.120. The number of fused-ring (bicyclic) bond motifs is 1. The molecule has 0 aromatic heterocycles. The summed E-state index contributed by atoms with van der Waals surface area (Å²) in [6.45, 7) is 0. The van der Waals surface area contributed by atoms with Gasteiger partial charge in [0.2, 0.25) is 5.91 Å². The highest BCUT2D eigenvalue weighted by molar-refractivity contribution is 6.31. The highest BCUT2D eigenvalue weighted by Gasteiger charge is 2.48. The van der Waals surface area contributed by atoms with E-state index < -0.39 is 0 Å². The highest BCUT2D eigenvalue weighted by Crippen LogP contribution is 2.54. The molecule has 0 saturated heterocycles. The molecule has 0 bridgehead atoms. The smallest absolute Gasteiger partial charge is 0.227 e. The van der Waals surface area contributed by atoms with Gasteiger partial charge >= 0.3 is 0 Å². The first-order valence-corrected chi connectivity index (χ1v) is 7.04. The molecule has 1 aromatic carbocycles. The zero-order valence-corrected chi connectivity index (χ0v) is 11.6. The van der Waals surface area contributed by atoms with Gasteiger partial charge in [-0.15, -0.1) is 0 Å². The first-order valence-electron chi connectivity index (χ1n) is 6.66. The van der Waals surface area contributed by atoms with Crippen LogP contribution >= 0.6 is 11.6 Å². The topological polar surface area (TPSA) is 87.7 Å². The molecule has 2 fully saturated rings. The Hall–Kier alpha value is -1.75. The number of benzene rings is 1. The maximum atomic E-state index is 12.3. The lowest BCUT2D eigenvalue weighted by Crippen LogP contribution is -2.24. The van der Waals surface area contributed by atoms with Crippen LogP contribution in [-0.4, -0.2) is 17.0 Å². The summed E-state index contributed by atoms with van der Waals surface area (Å²) in [6, 6.07) is 4.87. The Labute approximate surface area is 121 Å². The number of nitrogens with one attached hydrogen (secondary N) is 1. The predicted octanol–water partition coefficient (Wildman–Crippen LogP) is 2.42. The van der Waals surface area contributed by atoms with Crippen molar-refractivity contribution in [2.75, 3.05) is 5.32 Å². The molecule has 3 rings (SSSR count). The van der Waals surface area contributed by atoms with Crippen LogP contribution in [-0.2, 0) is 4.79 Å². The second kappa shape index (κ2) is 4.98. The zero-order chi connectivity index (χ0) is 14.3. The summed E-state index contributed by atoms with van der Waals surface area (Å²) in [7, 11) is 0. The second-order valence-corrected chi connectivity index (χ2v) is 6.03. The third kappa shape index (κ3) is 2.45. The van der Waals surface area contributed by atoms with Crippen molar-refractivity contribution in [1.82, 2.24) is 0 Å². The largest absolute Gasteiger partial charge is 0.409 e. The van der Waals surface area contributed by atoms with Crippen LogP contribution in [0.4, 0.5) is 5.69 Å². The van der Waals surface area contributed by atoms with Crippen LogP contribution in [0.5, 0.6) is 0 Å². The molecule has 6 heteroatoms. The van der Waals surface area contributed by atoms with Crippen molar-refractivity contribution in [1.29, 1.82) is 0 Å². The van der Waals surface area contributed by atoms with Crippen LogP contribution in [0, 0.1) is 17.8 Å². The van der Waals surface area contributed by atoms with Gasteiger partial charge in [-0.1, -0.05) is 16.8 Å². The van der Waals surface area contributed by atoms with E-state index in [9.17, 15) is 4.79 Å². The van der Waals surface area contributed by atoms with Gasteiger partial charge in [-0.25, -0.2) is 0 Å². The van der Waals surface area contributed by atoms with Crippen molar-refractivity contribution in [3.63, 3.8) is 0 Å². The average Bonchev–Trinajstić information content (AvgIpc) is 3.04. The molecule has 1 aromatic rings. The number of nitrogens with zero attached hydrogens (tertiary/aromatic N) is 1. The van der Waals surface area contributed by atoms with E-state index in [1.54, 1.807) is 18.2 Å². The fourth-order valence-electron chi connectivity index (χ4n) is 3.06. The Morgan fingerprint density at radius 1 is 1.35 bits per heavy atom. The lowest BCUT2D eigenvalue weighted by atomic mass is 10.0. The van der Waals surface area contributed by atoms with Crippen molar-refractivity contribution in [3.8, 4) is 0 Å². The number of hydrogen-bond donors (Lipinski definition) is 3. The minimum atomic E-state index is -0.0498. The Kier molecular flexibility index (Phi) is 3.30. The minimum absolute atomic E-state index is 0.00791. The number of anilines is 1. The molecule has 106 valence electrons. The molecule has 4 N–H and O–H groups in total. The van der Waals surface area contributed by atoms with Gasteiger partial charge in [-0.2, -0.15) is 0 Å².